The first-order valence-electron chi connectivity index (χ1n) is 5.40. The first kappa shape index (κ1) is 18.7. The number of hydrogen-bond acceptors (Lipinski definition) is 5. The highest BCUT2D eigenvalue weighted by molar-refractivity contribution is 5.86. The summed E-state index contributed by atoms with van der Waals surface area (Å²) in [6.45, 7) is 5.92. The lowest BCUT2D eigenvalue weighted by Crippen LogP contribution is -2.43. The lowest BCUT2D eigenvalue weighted by molar-refractivity contribution is -0.890. The number of likely N-dealkylation sites (N-methyl/N-ethyl adjacent to an activating group) is 1. The second-order valence-electron chi connectivity index (χ2n) is 4.18. The Morgan fingerprint density at radius 3 is 2.33 bits per heavy atom. The maximum atomic E-state index is 10.8. The van der Waals surface area contributed by atoms with Gasteiger partial charge in [-0.3, -0.25) is 4.79 Å². The fourth-order valence-corrected chi connectivity index (χ4v) is 1.17. The van der Waals surface area contributed by atoms with Crippen LogP contribution in [0.1, 0.15) is 6.42 Å². The smallest absolute Gasteiger partial charge is 0.243 e. The van der Waals surface area contributed by atoms with E-state index in [1.807, 2.05) is 0 Å². The van der Waals surface area contributed by atoms with Gasteiger partial charge in [-0.15, -0.1) is 0 Å². The molecule has 0 aliphatic heterocycles. The van der Waals surface area contributed by atoms with Gasteiger partial charge in [0.25, 0.3) is 0 Å². The van der Waals surface area contributed by atoms with Crippen LogP contribution in [0.15, 0.2) is 12.7 Å². The summed E-state index contributed by atoms with van der Waals surface area (Å²) in [6, 6.07) is 0. The molecule has 0 spiro atoms. The van der Waals surface area contributed by atoms with Crippen LogP contribution >= 0.6 is 0 Å². The molecule has 2 N–H and O–H groups in total. The number of carbonyl (C=O) groups excluding carboxylic acids is 1. The van der Waals surface area contributed by atoms with Crippen molar-refractivity contribution in [3.8, 4) is 0 Å². The predicted octanol–water partition coefficient (Wildman–Crippen LogP) is -0.492. The van der Waals surface area contributed by atoms with Crippen molar-refractivity contribution < 1.29 is 19.5 Å². The fraction of sp³-hybridized carbons (Fsp3) is 0.700. The maximum absolute atomic E-state index is 10.8. The molecule has 0 aliphatic rings. The van der Waals surface area contributed by atoms with E-state index in [1.54, 1.807) is 0 Å². The number of amides is 1. The Morgan fingerprint density at radius 2 is 1.94 bits per heavy atom. The van der Waals surface area contributed by atoms with Gasteiger partial charge in [-0.2, -0.15) is 0 Å². The molecule has 8 nitrogen and oxygen atoms in total. The largest absolute Gasteiger partial charge is 0.391 e. The zero-order valence-electron chi connectivity index (χ0n) is 10.8. The van der Waals surface area contributed by atoms with E-state index in [0.717, 1.165) is 24.0 Å². The summed E-state index contributed by atoms with van der Waals surface area (Å²) in [4.78, 5) is 19.0. The van der Waals surface area contributed by atoms with Gasteiger partial charge in [0.1, 0.15) is 6.54 Å². The van der Waals surface area contributed by atoms with Gasteiger partial charge < -0.3 is 30.2 Å². The summed E-state index contributed by atoms with van der Waals surface area (Å²) in [7, 11) is 4.12. The van der Waals surface area contributed by atoms with Crippen LogP contribution in [0.5, 0.6) is 0 Å². The molecule has 0 atom stereocenters. The first-order valence-corrected chi connectivity index (χ1v) is 5.40. The summed E-state index contributed by atoms with van der Waals surface area (Å²) in [5.74, 6) is -0.127. The van der Waals surface area contributed by atoms with Crippen LogP contribution in [0.2, 0.25) is 0 Å². The molecule has 0 bridgehead atoms. The van der Waals surface area contributed by atoms with Crippen LogP contribution in [0.3, 0.4) is 0 Å². The SMILES string of the molecule is C=CC(=O)NCCC[N+](C)(C)CCO.O=[N+]([O-])[O-]. The van der Waals surface area contributed by atoms with Gasteiger partial charge in [0.05, 0.1) is 32.3 Å². The average molecular weight is 263 g/mol. The Bertz CT molecular complexity index is 264. The van der Waals surface area contributed by atoms with E-state index in [-0.39, 0.29) is 12.5 Å². The molecule has 1 amide bonds. The Balaban J connectivity index is 0. The summed E-state index contributed by atoms with van der Waals surface area (Å²) >= 11 is 0. The summed E-state index contributed by atoms with van der Waals surface area (Å²) in [5.41, 5.74) is 0. The van der Waals surface area contributed by atoms with Crippen LogP contribution in [0.4, 0.5) is 0 Å². The molecule has 0 unspecified atom stereocenters. The number of carbonyl (C=O) groups is 1. The minimum atomic E-state index is -1.75. The molecule has 0 rings (SSSR count). The Morgan fingerprint density at radius 1 is 1.44 bits per heavy atom. The Labute approximate surface area is 106 Å². The molecule has 0 aliphatic carbocycles. The van der Waals surface area contributed by atoms with Crippen molar-refractivity contribution in [3.63, 3.8) is 0 Å². The number of nitrogens with one attached hydrogen (secondary N) is 1. The molecule has 0 saturated heterocycles. The second-order valence-corrected chi connectivity index (χ2v) is 4.18. The molecule has 0 radical (unpaired) electrons. The van der Waals surface area contributed by atoms with Crippen molar-refractivity contribution in [3.05, 3.63) is 28.0 Å². The van der Waals surface area contributed by atoms with E-state index in [4.69, 9.17) is 20.4 Å². The zero-order chi connectivity index (χ0) is 14.6. The minimum absolute atomic E-state index is 0.127. The van der Waals surface area contributed by atoms with E-state index < -0.39 is 5.09 Å². The van der Waals surface area contributed by atoms with Crippen molar-refractivity contribution in [1.82, 2.24) is 5.32 Å². The third kappa shape index (κ3) is 16.7. The number of aliphatic hydroxyl groups excluding tert-OH is 1. The summed E-state index contributed by atoms with van der Waals surface area (Å²) in [5, 5.41) is 26.3. The third-order valence-corrected chi connectivity index (χ3v) is 2.13. The summed E-state index contributed by atoms with van der Waals surface area (Å²) < 4.78 is 0.778. The molecule has 0 aromatic heterocycles. The molecule has 0 aromatic carbocycles. The van der Waals surface area contributed by atoms with Crippen LogP contribution in [-0.4, -0.2) is 60.9 Å². The quantitative estimate of drug-likeness (QED) is 0.211. The van der Waals surface area contributed by atoms with Crippen LogP contribution in [-0.2, 0) is 4.79 Å². The average Bonchev–Trinajstić information content (AvgIpc) is 2.23. The molecule has 0 heterocycles. The molecule has 0 aromatic rings. The lowest BCUT2D eigenvalue weighted by Gasteiger charge is -2.28. The highest BCUT2D eigenvalue weighted by atomic mass is 16.9. The van der Waals surface area contributed by atoms with E-state index in [2.05, 4.69) is 26.0 Å². The molecule has 8 heteroatoms. The molecule has 18 heavy (non-hydrogen) atoms. The van der Waals surface area contributed by atoms with E-state index in [0.29, 0.717) is 6.54 Å². The monoisotopic (exact) mass is 263 g/mol. The molecular weight excluding hydrogens is 242 g/mol. The van der Waals surface area contributed by atoms with Crippen LogP contribution in [0.25, 0.3) is 0 Å². The minimum Gasteiger partial charge on any atom is -0.391 e. The van der Waals surface area contributed by atoms with Gasteiger partial charge >= 0.3 is 0 Å². The first-order chi connectivity index (χ1) is 8.25. The number of hydrogen-bond donors (Lipinski definition) is 2. The van der Waals surface area contributed by atoms with Gasteiger partial charge in [-0.25, -0.2) is 0 Å². The predicted molar refractivity (Wildman–Crippen MR) is 67.1 cm³/mol. The second kappa shape index (κ2) is 10.5. The number of nitrogens with zero attached hydrogens (tertiary/aromatic N) is 2. The van der Waals surface area contributed by atoms with Crippen LogP contribution < -0.4 is 5.32 Å². The number of quaternary nitrogens is 1. The summed E-state index contributed by atoms with van der Waals surface area (Å²) in [6.07, 6.45) is 2.18. The fourth-order valence-electron chi connectivity index (χ4n) is 1.17. The Kier molecular flexibility index (Phi) is 10.9. The van der Waals surface area contributed by atoms with Crippen molar-refractivity contribution in [2.75, 3.05) is 40.3 Å². The highest BCUT2D eigenvalue weighted by Gasteiger charge is 2.12. The molecular formula is C10H21N3O5. The van der Waals surface area contributed by atoms with Gasteiger partial charge in [0, 0.05) is 13.0 Å². The van der Waals surface area contributed by atoms with Crippen molar-refractivity contribution in [2.24, 2.45) is 0 Å². The van der Waals surface area contributed by atoms with E-state index >= 15 is 0 Å². The third-order valence-electron chi connectivity index (χ3n) is 2.13. The Hall–Kier alpha value is -1.67. The molecule has 0 saturated carbocycles. The van der Waals surface area contributed by atoms with Crippen molar-refractivity contribution in [2.45, 2.75) is 6.42 Å². The lowest BCUT2D eigenvalue weighted by atomic mass is 10.3. The molecule has 106 valence electrons. The zero-order valence-corrected chi connectivity index (χ0v) is 10.8. The van der Waals surface area contributed by atoms with Gasteiger partial charge in [0.15, 0.2) is 0 Å². The maximum Gasteiger partial charge on any atom is 0.243 e. The van der Waals surface area contributed by atoms with Gasteiger partial charge in [-0.1, -0.05) is 6.58 Å². The molecule has 0 fully saturated rings. The normalized spacial score (nSPS) is 9.94. The van der Waals surface area contributed by atoms with Crippen LogP contribution in [0, 0.1) is 15.3 Å². The standard InChI is InChI=1S/C10H20N2O2.NO3/c1-4-10(14)11-6-5-7-12(2,3)8-9-13;2-1(3)4/h4,13H,1,5-9H2,2-3H3;/q;-1/p+1. The van der Waals surface area contributed by atoms with Crippen molar-refractivity contribution in [1.29, 1.82) is 0 Å². The van der Waals surface area contributed by atoms with Gasteiger partial charge in [-0.05, 0) is 6.08 Å². The number of rotatable bonds is 7. The van der Waals surface area contributed by atoms with Crippen molar-refractivity contribution >= 4 is 5.91 Å². The van der Waals surface area contributed by atoms with Gasteiger partial charge in [0.2, 0.25) is 5.91 Å². The van der Waals surface area contributed by atoms with E-state index in [1.165, 1.54) is 6.08 Å². The number of aliphatic hydroxyl groups is 1. The highest BCUT2D eigenvalue weighted by Crippen LogP contribution is 1.97. The topological polar surface area (TPSA) is 116 Å². The van der Waals surface area contributed by atoms with E-state index in [9.17, 15) is 4.79 Å².